The molecule has 98 valence electrons. The number of thiazole rings is 1. The molecule has 1 unspecified atom stereocenters. The zero-order valence-electron chi connectivity index (χ0n) is 10.3. The number of nitrogens with one attached hydrogen (secondary N) is 1. The third-order valence-corrected chi connectivity index (χ3v) is 4.11. The molecule has 0 aliphatic rings. The van der Waals surface area contributed by atoms with Crippen LogP contribution in [0.15, 0.2) is 48.1 Å². The first-order chi connectivity index (χ1) is 9.33. The molecule has 3 rings (SSSR count). The number of nitrogens with zero attached hydrogens (tertiary/aromatic N) is 2. The predicted molar refractivity (Wildman–Crippen MR) is 79.8 cm³/mol. The summed E-state index contributed by atoms with van der Waals surface area (Å²) in [5.74, 6) is 0. The Bertz CT molecular complexity index is 618. The van der Waals surface area contributed by atoms with E-state index in [-0.39, 0.29) is 5.38 Å². The molecule has 3 nitrogen and oxygen atoms in total. The van der Waals surface area contributed by atoms with Crippen LogP contribution in [0.1, 0.15) is 16.6 Å². The number of hydrogen-bond donors (Lipinski definition) is 1. The second-order valence-electron chi connectivity index (χ2n) is 4.33. The summed E-state index contributed by atoms with van der Waals surface area (Å²) in [6.07, 6.45) is 4.06. The van der Waals surface area contributed by atoms with Crippen LogP contribution in [-0.2, 0) is 6.54 Å². The molecule has 19 heavy (non-hydrogen) atoms. The first kappa shape index (κ1) is 12.7. The lowest BCUT2D eigenvalue weighted by Gasteiger charge is -2.10. The second-order valence-corrected chi connectivity index (χ2v) is 5.73. The lowest BCUT2D eigenvalue weighted by Crippen LogP contribution is -2.18. The normalized spacial score (nSPS) is 12.9. The Hall–Kier alpha value is -1.36. The van der Waals surface area contributed by atoms with Crippen LogP contribution in [0.25, 0.3) is 4.96 Å². The molecule has 0 radical (unpaired) electrons. The molecule has 0 amide bonds. The van der Waals surface area contributed by atoms with Gasteiger partial charge in [0.1, 0.15) is 0 Å². The zero-order valence-corrected chi connectivity index (χ0v) is 11.9. The van der Waals surface area contributed by atoms with Crippen molar-refractivity contribution in [1.82, 2.24) is 14.7 Å². The number of imidazole rings is 1. The van der Waals surface area contributed by atoms with E-state index in [2.05, 4.69) is 10.3 Å². The van der Waals surface area contributed by atoms with Gasteiger partial charge in [0.05, 0.1) is 11.1 Å². The van der Waals surface area contributed by atoms with Gasteiger partial charge >= 0.3 is 0 Å². The van der Waals surface area contributed by atoms with E-state index in [1.165, 1.54) is 0 Å². The van der Waals surface area contributed by atoms with E-state index < -0.39 is 0 Å². The second kappa shape index (κ2) is 5.74. The van der Waals surface area contributed by atoms with Crippen LogP contribution in [0.5, 0.6) is 0 Å². The third-order valence-electron chi connectivity index (χ3n) is 2.93. The highest BCUT2D eigenvalue weighted by Crippen LogP contribution is 2.19. The number of benzene rings is 1. The molecule has 3 aromatic rings. The Morgan fingerprint density at radius 2 is 2.16 bits per heavy atom. The number of halogens is 1. The van der Waals surface area contributed by atoms with E-state index in [9.17, 15) is 0 Å². The molecule has 0 fully saturated rings. The highest BCUT2D eigenvalue weighted by Gasteiger charge is 2.07. The summed E-state index contributed by atoms with van der Waals surface area (Å²) in [5.41, 5.74) is 2.19. The van der Waals surface area contributed by atoms with Crippen molar-refractivity contribution >= 4 is 27.9 Å². The average Bonchev–Trinajstić information content (AvgIpc) is 3.00. The molecule has 2 aromatic heterocycles. The first-order valence-corrected chi connectivity index (χ1v) is 7.45. The van der Waals surface area contributed by atoms with Crippen LogP contribution < -0.4 is 5.32 Å². The van der Waals surface area contributed by atoms with Crippen LogP contribution in [0.4, 0.5) is 0 Å². The number of rotatable bonds is 5. The maximum atomic E-state index is 6.34. The van der Waals surface area contributed by atoms with Crippen LogP contribution in [0.2, 0.25) is 0 Å². The van der Waals surface area contributed by atoms with Crippen LogP contribution >= 0.6 is 22.9 Å². The van der Waals surface area contributed by atoms with E-state index in [1.54, 1.807) is 11.3 Å². The quantitative estimate of drug-likeness (QED) is 0.730. The maximum absolute atomic E-state index is 6.34. The Kier molecular flexibility index (Phi) is 3.82. The van der Waals surface area contributed by atoms with E-state index in [4.69, 9.17) is 11.6 Å². The number of aromatic nitrogens is 2. The van der Waals surface area contributed by atoms with Gasteiger partial charge in [-0.25, -0.2) is 4.98 Å². The molecule has 0 spiro atoms. The van der Waals surface area contributed by atoms with Gasteiger partial charge in [-0.3, -0.25) is 4.40 Å². The molecule has 0 saturated heterocycles. The summed E-state index contributed by atoms with van der Waals surface area (Å²) in [5, 5.41) is 5.37. The minimum atomic E-state index is -0.00932. The number of alkyl halides is 1. The Morgan fingerprint density at radius 3 is 2.95 bits per heavy atom. The van der Waals surface area contributed by atoms with E-state index in [0.717, 1.165) is 29.3 Å². The summed E-state index contributed by atoms with van der Waals surface area (Å²) >= 11 is 7.99. The summed E-state index contributed by atoms with van der Waals surface area (Å²) in [4.78, 5) is 5.55. The van der Waals surface area contributed by atoms with Gasteiger partial charge in [-0.05, 0) is 5.56 Å². The third kappa shape index (κ3) is 2.97. The van der Waals surface area contributed by atoms with Crippen molar-refractivity contribution in [3.8, 4) is 0 Å². The SMILES string of the molecule is ClC(CNCc1cn2ccsc2n1)c1ccccc1. The topological polar surface area (TPSA) is 29.3 Å². The number of fused-ring (bicyclic) bond motifs is 1. The summed E-state index contributed by atoms with van der Waals surface area (Å²) < 4.78 is 2.04. The fraction of sp³-hybridized carbons (Fsp3) is 0.214. The van der Waals surface area contributed by atoms with Crippen molar-refractivity contribution in [3.63, 3.8) is 0 Å². The molecule has 0 bridgehead atoms. The van der Waals surface area contributed by atoms with Gasteiger partial charge in [0, 0.05) is 30.9 Å². The van der Waals surface area contributed by atoms with Gasteiger partial charge < -0.3 is 5.32 Å². The van der Waals surface area contributed by atoms with Crippen molar-refractivity contribution in [1.29, 1.82) is 0 Å². The minimum absolute atomic E-state index is 0.00932. The van der Waals surface area contributed by atoms with Crippen molar-refractivity contribution in [2.24, 2.45) is 0 Å². The first-order valence-electron chi connectivity index (χ1n) is 6.14. The van der Waals surface area contributed by atoms with E-state index in [1.807, 2.05) is 52.5 Å². The Balaban J connectivity index is 1.54. The van der Waals surface area contributed by atoms with Crippen molar-refractivity contribution < 1.29 is 0 Å². The largest absolute Gasteiger partial charge is 0.309 e. The fourth-order valence-corrected chi connectivity index (χ4v) is 2.94. The molecule has 0 aliphatic carbocycles. The standard InChI is InChI=1S/C14H14ClN3S/c15-13(11-4-2-1-3-5-11)9-16-8-12-10-18-6-7-19-14(18)17-12/h1-7,10,13,16H,8-9H2. The van der Waals surface area contributed by atoms with Gasteiger partial charge in [-0.1, -0.05) is 30.3 Å². The average molecular weight is 292 g/mol. The van der Waals surface area contributed by atoms with Gasteiger partial charge in [0.25, 0.3) is 0 Å². The molecule has 0 saturated carbocycles. The van der Waals surface area contributed by atoms with Gasteiger partial charge in [0.15, 0.2) is 4.96 Å². The molecule has 1 atom stereocenters. The molecule has 5 heteroatoms. The summed E-state index contributed by atoms with van der Waals surface area (Å²) in [6, 6.07) is 10.1. The smallest absolute Gasteiger partial charge is 0.193 e. The molecule has 2 heterocycles. The van der Waals surface area contributed by atoms with Crippen molar-refractivity contribution in [2.75, 3.05) is 6.54 Å². The summed E-state index contributed by atoms with van der Waals surface area (Å²) in [7, 11) is 0. The predicted octanol–water partition coefficient (Wildman–Crippen LogP) is 3.47. The number of hydrogen-bond acceptors (Lipinski definition) is 3. The van der Waals surface area contributed by atoms with Gasteiger partial charge in [0.2, 0.25) is 0 Å². The molecule has 1 aromatic carbocycles. The van der Waals surface area contributed by atoms with E-state index in [0.29, 0.717) is 0 Å². The van der Waals surface area contributed by atoms with E-state index >= 15 is 0 Å². The van der Waals surface area contributed by atoms with Gasteiger partial charge in [-0.15, -0.1) is 22.9 Å². The zero-order chi connectivity index (χ0) is 13.1. The maximum Gasteiger partial charge on any atom is 0.193 e. The van der Waals surface area contributed by atoms with Gasteiger partial charge in [-0.2, -0.15) is 0 Å². The Morgan fingerprint density at radius 1 is 1.32 bits per heavy atom. The molecule has 1 N–H and O–H groups in total. The van der Waals surface area contributed by atoms with Crippen molar-refractivity contribution in [2.45, 2.75) is 11.9 Å². The fourth-order valence-electron chi connectivity index (χ4n) is 1.97. The van der Waals surface area contributed by atoms with Crippen LogP contribution in [0, 0.1) is 0 Å². The molecular formula is C14H14ClN3S. The molecular weight excluding hydrogens is 278 g/mol. The minimum Gasteiger partial charge on any atom is -0.309 e. The highest BCUT2D eigenvalue weighted by molar-refractivity contribution is 7.15. The molecule has 0 aliphatic heterocycles. The highest BCUT2D eigenvalue weighted by atomic mass is 35.5. The lowest BCUT2D eigenvalue weighted by atomic mass is 10.1. The van der Waals surface area contributed by atoms with Crippen molar-refractivity contribution in [3.05, 3.63) is 59.4 Å². The summed E-state index contributed by atoms with van der Waals surface area (Å²) in [6.45, 7) is 1.47. The Labute approximate surface area is 120 Å². The lowest BCUT2D eigenvalue weighted by molar-refractivity contribution is 0.666. The van der Waals surface area contributed by atoms with Crippen LogP contribution in [-0.4, -0.2) is 15.9 Å². The monoisotopic (exact) mass is 291 g/mol. The van der Waals surface area contributed by atoms with Crippen LogP contribution in [0.3, 0.4) is 0 Å².